The van der Waals surface area contributed by atoms with Crippen LogP contribution in [-0.4, -0.2) is 9.85 Å². The van der Waals surface area contributed by atoms with Crippen LogP contribution in [0.1, 0.15) is 0 Å². The molecule has 0 spiro atoms. The number of nitrogens with zero attached hydrogens (tertiary/aromatic N) is 2. The first-order valence-electron chi connectivity index (χ1n) is 5.28. The minimum absolute atomic E-state index is 0.00972. The zero-order valence-corrected chi connectivity index (χ0v) is 12.9. The molecule has 0 radical (unpaired) electrons. The van der Waals surface area contributed by atoms with Gasteiger partial charge in [-0.25, -0.2) is 0 Å². The Bertz CT molecular complexity index is 666. The van der Waals surface area contributed by atoms with Crippen molar-refractivity contribution >= 4 is 43.2 Å². The molecule has 2 aromatic rings. The number of benzene rings is 2. The number of halogens is 2. The van der Waals surface area contributed by atoms with E-state index in [-0.39, 0.29) is 16.9 Å². The maximum atomic E-state index is 11.1. The normalized spacial score (nSPS) is 10.3. The van der Waals surface area contributed by atoms with Gasteiger partial charge in [0.25, 0.3) is 11.4 Å². The van der Waals surface area contributed by atoms with Crippen molar-refractivity contribution < 1.29 is 9.85 Å². The Balaban J connectivity index is 2.82. The third-order valence-corrected chi connectivity index (χ3v) is 3.48. The van der Waals surface area contributed by atoms with E-state index in [1.165, 1.54) is 18.2 Å². The zero-order valence-electron chi connectivity index (χ0n) is 9.75. The number of hydrogen-bond acceptors (Lipinski definition) is 4. The van der Waals surface area contributed by atoms with Gasteiger partial charge in [-0.2, -0.15) is 0 Å². The van der Waals surface area contributed by atoms with Crippen molar-refractivity contribution in [2.45, 2.75) is 0 Å². The number of nitro groups is 2. The lowest BCUT2D eigenvalue weighted by Gasteiger charge is -2.06. The Labute approximate surface area is 130 Å². The molecule has 0 saturated carbocycles. The molecular weight excluding hydrogens is 396 g/mol. The van der Waals surface area contributed by atoms with Crippen LogP contribution in [0.3, 0.4) is 0 Å². The summed E-state index contributed by atoms with van der Waals surface area (Å²) in [6, 6.07) is 8.73. The molecule has 0 aromatic heterocycles. The molecule has 0 bridgehead atoms. The fourth-order valence-corrected chi connectivity index (χ4v) is 3.12. The average molecular weight is 402 g/mol. The second-order valence-electron chi connectivity index (χ2n) is 3.84. The molecule has 102 valence electrons. The summed E-state index contributed by atoms with van der Waals surface area (Å²) in [6.07, 6.45) is 0. The third-order valence-electron chi connectivity index (χ3n) is 2.57. The van der Waals surface area contributed by atoms with Gasteiger partial charge in [0.1, 0.15) is 5.56 Å². The van der Waals surface area contributed by atoms with E-state index >= 15 is 0 Å². The summed E-state index contributed by atoms with van der Waals surface area (Å²) in [7, 11) is 0. The van der Waals surface area contributed by atoms with E-state index in [2.05, 4.69) is 31.9 Å². The first-order chi connectivity index (χ1) is 9.40. The summed E-state index contributed by atoms with van der Waals surface area (Å²) >= 11 is 6.53. The van der Waals surface area contributed by atoms with E-state index in [9.17, 15) is 20.2 Å². The Morgan fingerprint density at radius 2 is 1.30 bits per heavy atom. The van der Waals surface area contributed by atoms with Crippen molar-refractivity contribution in [3.05, 3.63) is 65.6 Å². The predicted octanol–water partition coefficient (Wildman–Crippen LogP) is 4.70. The Kier molecular flexibility index (Phi) is 4.15. The monoisotopic (exact) mass is 400 g/mol. The van der Waals surface area contributed by atoms with E-state index in [1.54, 1.807) is 18.2 Å². The maximum Gasteiger partial charge on any atom is 0.284 e. The number of nitro benzene ring substituents is 2. The summed E-state index contributed by atoms with van der Waals surface area (Å²) in [6.45, 7) is 0. The molecule has 8 heteroatoms. The van der Waals surface area contributed by atoms with Crippen LogP contribution in [-0.2, 0) is 0 Å². The highest BCUT2D eigenvalue weighted by molar-refractivity contribution is 9.11. The van der Waals surface area contributed by atoms with Crippen LogP contribution in [0.15, 0.2) is 45.3 Å². The molecule has 0 aliphatic rings. The first kappa shape index (κ1) is 14.6. The lowest BCUT2D eigenvalue weighted by Crippen LogP contribution is -1.97. The fourth-order valence-electron chi connectivity index (χ4n) is 1.83. The highest BCUT2D eigenvalue weighted by atomic mass is 79.9. The van der Waals surface area contributed by atoms with Crippen molar-refractivity contribution in [3.63, 3.8) is 0 Å². The molecule has 0 saturated heterocycles. The smallest absolute Gasteiger partial charge is 0.258 e. The number of hydrogen-bond donors (Lipinski definition) is 0. The molecule has 0 aliphatic carbocycles. The van der Waals surface area contributed by atoms with Crippen LogP contribution in [0.5, 0.6) is 0 Å². The van der Waals surface area contributed by atoms with Gasteiger partial charge in [0, 0.05) is 21.1 Å². The van der Waals surface area contributed by atoms with Gasteiger partial charge >= 0.3 is 0 Å². The molecule has 20 heavy (non-hydrogen) atoms. The van der Waals surface area contributed by atoms with Gasteiger partial charge in [-0.3, -0.25) is 20.2 Å². The Hall–Kier alpha value is -1.80. The largest absolute Gasteiger partial charge is 0.284 e. The van der Waals surface area contributed by atoms with E-state index in [4.69, 9.17) is 0 Å². The van der Waals surface area contributed by atoms with Gasteiger partial charge < -0.3 is 0 Å². The van der Waals surface area contributed by atoms with E-state index < -0.39 is 9.85 Å². The summed E-state index contributed by atoms with van der Waals surface area (Å²) < 4.78 is 1.32. The van der Waals surface area contributed by atoms with E-state index in [0.717, 1.165) is 0 Å². The quantitative estimate of drug-likeness (QED) is 0.551. The average Bonchev–Trinajstić information content (AvgIpc) is 2.36. The summed E-state index contributed by atoms with van der Waals surface area (Å²) in [5.41, 5.74) is -0.219. The molecule has 6 nitrogen and oxygen atoms in total. The standard InChI is InChI=1S/C12H6Br2N2O4/c13-8-4-7(5-9(14)6-8)12-10(15(17)18)2-1-3-11(12)16(19)20/h1-6H. The van der Waals surface area contributed by atoms with Crippen LogP contribution < -0.4 is 0 Å². The van der Waals surface area contributed by atoms with Crippen LogP contribution in [0.2, 0.25) is 0 Å². The van der Waals surface area contributed by atoms with Crippen molar-refractivity contribution in [2.24, 2.45) is 0 Å². The van der Waals surface area contributed by atoms with Gasteiger partial charge in [-0.05, 0) is 29.8 Å². The molecule has 0 N–H and O–H groups in total. The van der Waals surface area contributed by atoms with Crippen LogP contribution >= 0.6 is 31.9 Å². The lowest BCUT2D eigenvalue weighted by atomic mass is 10.0. The zero-order chi connectivity index (χ0) is 14.9. The van der Waals surface area contributed by atoms with Gasteiger partial charge in [0.2, 0.25) is 0 Å². The predicted molar refractivity (Wildman–Crippen MR) is 80.6 cm³/mol. The van der Waals surface area contributed by atoms with Gasteiger partial charge in [-0.15, -0.1) is 0 Å². The van der Waals surface area contributed by atoms with Crippen LogP contribution in [0.4, 0.5) is 11.4 Å². The summed E-state index contributed by atoms with van der Waals surface area (Å²) in [4.78, 5) is 20.9. The van der Waals surface area contributed by atoms with E-state index in [0.29, 0.717) is 14.5 Å². The van der Waals surface area contributed by atoms with Gasteiger partial charge in [-0.1, -0.05) is 31.9 Å². The summed E-state index contributed by atoms with van der Waals surface area (Å²) in [5.74, 6) is 0. The minimum Gasteiger partial charge on any atom is -0.258 e. The second kappa shape index (κ2) is 5.68. The Morgan fingerprint density at radius 1 is 0.850 bits per heavy atom. The molecule has 0 heterocycles. The van der Waals surface area contributed by atoms with Gasteiger partial charge in [0.05, 0.1) is 9.85 Å². The topological polar surface area (TPSA) is 86.3 Å². The molecule has 0 amide bonds. The van der Waals surface area contributed by atoms with Crippen LogP contribution in [0.25, 0.3) is 11.1 Å². The third kappa shape index (κ3) is 2.86. The molecule has 0 unspecified atom stereocenters. The van der Waals surface area contributed by atoms with Crippen molar-refractivity contribution in [1.29, 1.82) is 0 Å². The molecule has 2 aromatic carbocycles. The Morgan fingerprint density at radius 3 is 1.70 bits per heavy atom. The molecule has 2 rings (SSSR count). The van der Waals surface area contributed by atoms with Crippen LogP contribution in [0, 0.1) is 20.2 Å². The molecule has 0 atom stereocenters. The molecular formula is C12H6Br2N2O4. The fraction of sp³-hybridized carbons (Fsp3) is 0. The van der Waals surface area contributed by atoms with Crippen molar-refractivity contribution in [2.75, 3.05) is 0 Å². The van der Waals surface area contributed by atoms with Gasteiger partial charge in [0.15, 0.2) is 0 Å². The SMILES string of the molecule is O=[N+]([O-])c1cccc([N+](=O)[O-])c1-c1cc(Br)cc(Br)c1. The van der Waals surface area contributed by atoms with Crippen molar-refractivity contribution in [3.8, 4) is 11.1 Å². The minimum atomic E-state index is -0.628. The van der Waals surface area contributed by atoms with E-state index in [1.807, 2.05) is 0 Å². The molecule has 0 fully saturated rings. The highest BCUT2D eigenvalue weighted by Gasteiger charge is 2.26. The maximum absolute atomic E-state index is 11.1. The first-order valence-corrected chi connectivity index (χ1v) is 6.87. The summed E-state index contributed by atoms with van der Waals surface area (Å²) in [5, 5.41) is 22.2. The lowest BCUT2D eigenvalue weighted by molar-refractivity contribution is -0.392. The number of rotatable bonds is 3. The highest BCUT2D eigenvalue weighted by Crippen LogP contribution is 2.39. The second-order valence-corrected chi connectivity index (χ2v) is 5.67. The van der Waals surface area contributed by atoms with Crippen molar-refractivity contribution in [1.82, 2.24) is 0 Å². The molecule has 0 aliphatic heterocycles.